The van der Waals surface area contributed by atoms with E-state index in [0.717, 1.165) is 12.8 Å². The molecule has 5 nitrogen and oxygen atoms in total. The Morgan fingerprint density at radius 1 is 0.912 bits per heavy atom. The van der Waals surface area contributed by atoms with Gasteiger partial charge in [-0.1, -0.05) is 43.9 Å². The van der Waals surface area contributed by atoms with Crippen molar-refractivity contribution in [1.82, 2.24) is 0 Å². The van der Waals surface area contributed by atoms with Crippen LogP contribution in [0.3, 0.4) is 0 Å². The van der Waals surface area contributed by atoms with Crippen molar-refractivity contribution < 1.29 is 18.7 Å². The molecular formula is C26H25BrClFN2O3. The van der Waals surface area contributed by atoms with Gasteiger partial charge in [0, 0.05) is 22.5 Å². The maximum absolute atomic E-state index is 13.3. The van der Waals surface area contributed by atoms with Gasteiger partial charge >= 0.3 is 0 Å². The first-order chi connectivity index (χ1) is 16.4. The Hall–Kier alpha value is -2.90. The minimum absolute atomic E-state index is 0.0853. The van der Waals surface area contributed by atoms with Gasteiger partial charge in [0.25, 0.3) is 11.8 Å². The quantitative estimate of drug-likeness (QED) is 0.256. The predicted molar refractivity (Wildman–Crippen MR) is 138 cm³/mol. The van der Waals surface area contributed by atoms with Crippen molar-refractivity contribution in [2.45, 2.75) is 32.6 Å². The minimum atomic E-state index is -0.567. The molecule has 0 bridgehead atoms. The van der Waals surface area contributed by atoms with E-state index >= 15 is 0 Å². The fourth-order valence-electron chi connectivity index (χ4n) is 3.19. The smallest absolute Gasteiger partial charge is 0.255 e. The van der Waals surface area contributed by atoms with Crippen LogP contribution in [0.1, 0.15) is 53.3 Å². The largest absolute Gasteiger partial charge is 0.492 e. The van der Waals surface area contributed by atoms with Gasteiger partial charge < -0.3 is 15.4 Å². The molecule has 0 aliphatic carbocycles. The molecule has 0 aromatic heterocycles. The Labute approximate surface area is 211 Å². The molecule has 0 saturated carbocycles. The van der Waals surface area contributed by atoms with Crippen molar-refractivity contribution in [2.75, 3.05) is 17.2 Å². The summed E-state index contributed by atoms with van der Waals surface area (Å²) < 4.78 is 19.8. The van der Waals surface area contributed by atoms with Crippen LogP contribution < -0.4 is 15.4 Å². The lowest BCUT2D eigenvalue weighted by Crippen LogP contribution is -2.15. The number of nitrogens with one attached hydrogen (secondary N) is 2. The van der Waals surface area contributed by atoms with Crippen molar-refractivity contribution in [3.05, 3.63) is 87.1 Å². The number of anilines is 2. The molecular weight excluding hydrogens is 523 g/mol. The molecule has 0 heterocycles. The average molecular weight is 548 g/mol. The summed E-state index contributed by atoms with van der Waals surface area (Å²) in [7, 11) is 0. The molecule has 0 unspecified atom stereocenters. The summed E-state index contributed by atoms with van der Waals surface area (Å²) in [5.74, 6) is -0.616. The summed E-state index contributed by atoms with van der Waals surface area (Å²) in [4.78, 5) is 25.3. The topological polar surface area (TPSA) is 67.4 Å². The number of benzene rings is 3. The van der Waals surface area contributed by atoms with Crippen LogP contribution in [-0.2, 0) is 0 Å². The van der Waals surface area contributed by atoms with E-state index in [9.17, 15) is 14.0 Å². The van der Waals surface area contributed by atoms with Crippen LogP contribution in [-0.4, -0.2) is 18.4 Å². The summed E-state index contributed by atoms with van der Waals surface area (Å²) in [5.41, 5.74) is 1.60. The summed E-state index contributed by atoms with van der Waals surface area (Å²) in [5, 5.41) is 5.37. The Bertz CT molecular complexity index is 1170. The molecule has 0 fully saturated rings. The molecule has 0 saturated heterocycles. The number of carbonyl (C=O) groups is 2. The number of rotatable bonds is 10. The second-order valence-corrected chi connectivity index (χ2v) is 8.93. The van der Waals surface area contributed by atoms with E-state index in [4.69, 9.17) is 16.3 Å². The van der Waals surface area contributed by atoms with Crippen molar-refractivity contribution in [3.8, 4) is 5.75 Å². The van der Waals surface area contributed by atoms with Gasteiger partial charge in [0.1, 0.15) is 11.6 Å². The highest BCUT2D eigenvalue weighted by molar-refractivity contribution is 9.10. The SMILES string of the molecule is CCCCCCOc1ccc(C(=O)Nc2cccc(C(=O)Nc3ccc(F)c(Cl)c3)c2)cc1Br. The van der Waals surface area contributed by atoms with Crippen LogP contribution in [0.5, 0.6) is 5.75 Å². The Balaban J connectivity index is 1.61. The Kier molecular flexibility index (Phi) is 9.48. The first kappa shape index (κ1) is 25.7. The van der Waals surface area contributed by atoms with Crippen LogP contribution >= 0.6 is 27.5 Å². The highest BCUT2D eigenvalue weighted by Gasteiger charge is 2.12. The van der Waals surface area contributed by atoms with Gasteiger partial charge in [0.2, 0.25) is 0 Å². The summed E-state index contributed by atoms with van der Waals surface area (Å²) in [6.07, 6.45) is 4.47. The molecule has 2 amide bonds. The Morgan fingerprint density at radius 2 is 1.62 bits per heavy atom. The number of unbranched alkanes of at least 4 members (excludes halogenated alkanes) is 3. The van der Waals surface area contributed by atoms with E-state index in [1.807, 2.05) is 0 Å². The number of carbonyl (C=O) groups excluding carboxylic acids is 2. The van der Waals surface area contributed by atoms with E-state index in [1.165, 1.54) is 31.0 Å². The molecule has 0 spiro atoms. The minimum Gasteiger partial charge on any atom is -0.492 e. The molecule has 0 aliphatic rings. The van der Waals surface area contributed by atoms with Crippen LogP contribution in [0, 0.1) is 5.82 Å². The summed E-state index contributed by atoms with van der Waals surface area (Å²) in [6, 6.07) is 15.6. The molecule has 8 heteroatoms. The van der Waals surface area contributed by atoms with Gasteiger partial charge in [-0.3, -0.25) is 9.59 Å². The second kappa shape index (κ2) is 12.5. The zero-order valence-corrected chi connectivity index (χ0v) is 21.0. The molecule has 3 aromatic carbocycles. The van der Waals surface area contributed by atoms with E-state index in [-0.39, 0.29) is 10.9 Å². The number of halogens is 3. The number of amides is 2. The van der Waals surface area contributed by atoms with Gasteiger partial charge in [-0.25, -0.2) is 4.39 Å². The monoisotopic (exact) mass is 546 g/mol. The number of hydrogen-bond acceptors (Lipinski definition) is 3. The lowest BCUT2D eigenvalue weighted by molar-refractivity contribution is 0.101. The van der Waals surface area contributed by atoms with Gasteiger partial charge in [0.15, 0.2) is 0 Å². The van der Waals surface area contributed by atoms with E-state index in [2.05, 4.69) is 33.5 Å². The maximum Gasteiger partial charge on any atom is 0.255 e. The summed E-state index contributed by atoms with van der Waals surface area (Å²) in [6.45, 7) is 2.79. The molecule has 0 aliphatic heterocycles. The fourth-order valence-corrected chi connectivity index (χ4v) is 3.86. The third-order valence-electron chi connectivity index (χ3n) is 5.01. The van der Waals surface area contributed by atoms with E-state index < -0.39 is 11.7 Å². The zero-order valence-electron chi connectivity index (χ0n) is 18.7. The predicted octanol–water partition coefficient (Wildman–Crippen LogP) is 7.71. The lowest BCUT2D eigenvalue weighted by Gasteiger charge is -2.11. The van der Waals surface area contributed by atoms with E-state index in [0.29, 0.717) is 39.3 Å². The fraction of sp³-hybridized carbons (Fsp3) is 0.231. The number of hydrogen-bond donors (Lipinski definition) is 2. The zero-order chi connectivity index (χ0) is 24.5. The molecule has 0 atom stereocenters. The molecule has 34 heavy (non-hydrogen) atoms. The van der Waals surface area contributed by atoms with Crippen molar-refractivity contribution in [2.24, 2.45) is 0 Å². The first-order valence-electron chi connectivity index (χ1n) is 11.0. The molecule has 2 N–H and O–H groups in total. The standard InChI is InChI=1S/C26H25BrClFN2O3/c1-2-3-4-5-13-34-24-12-9-18(15-21(24)27)26(33)30-19-8-6-7-17(14-19)25(32)31-20-10-11-23(29)22(28)16-20/h6-12,14-16H,2-5,13H2,1H3,(H,30,33)(H,31,32). The van der Waals surface area contributed by atoms with Gasteiger partial charge in [-0.2, -0.15) is 0 Å². The maximum atomic E-state index is 13.3. The highest BCUT2D eigenvalue weighted by atomic mass is 79.9. The van der Waals surface area contributed by atoms with Crippen molar-refractivity contribution >= 4 is 50.7 Å². The van der Waals surface area contributed by atoms with Crippen LogP contribution in [0.25, 0.3) is 0 Å². The van der Waals surface area contributed by atoms with Crippen LogP contribution in [0.15, 0.2) is 65.1 Å². The van der Waals surface area contributed by atoms with Gasteiger partial charge in [-0.15, -0.1) is 0 Å². The molecule has 3 aromatic rings. The number of ether oxygens (including phenoxy) is 1. The molecule has 0 radical (unpaired) electrons. The molecule has 3 rings (SSSR count). The first-order valence-corrected chi connectivity index (χ1v) is 12.1. The summed E-state index contributed by atoms with van der Waals surface area (Å²) >= 11 is 9.23. The Morgan fingerprint density at radius 3 is 2.29 bits per heavy atom. The third-order valence-corrected chi connectivity index (χ3v) is 5.92. The second-order valence-electron chi connectivity index (χ2n) is 7.67. The van der Waals surface area contributed by atoms with Crippen molar-refractivity contribution in [3.63, 3.8) is 0 Å². The average Bonchev–Trinajstić information content (AvgIpc) is 2.82. The van der Waals surface area contributed by atoms with Crippen LogP contribution in [0.2, 0.25) is 5.02 Å². The van der Waals surface area contributed by atoms with Gasteiger partial charge in [0.05, 0.1) is 16.1 Å². The van der Waals surface area contributed by atoms with Crippen molar-refractivity contribution in [1.29, 1.82) is 0 Å². The molecule has 178 valence electrons. The highest BCUT2D eigenvalue weighted by Crippen LogP contribution is 2.27. The lowest BCUT2D eigenvalue weighted by atomic mass is 10.1. The normalized spacial score (nSPS) is 10.6. The third kappa shape index (κ3) is 7.30. The van der Waals surface area contributed by atoms with E-state index in [1.54, 1.807) is 42.5 Å². The van der Waals surface area contributed by atoms with Crippen LogP contribution in [0.4, 0.5) is 15.8 Å². The van der Waals surface area contributed by atoms with Gasteiger partial charge in [-0.05, 0) is 76.9 Å².